The molecular weight excluding hydrogens is 596 g/mol. The Bertz CT molecular complexity index is 1970. The predicted octanol–water partition coefficient (Wildman–Crippen LogP) is 3.57. The topological polar surface area (TPSA) is 65.8 Å². The Morgan fingerprint density at radius 3 is 2.57 bits per heavy atom. The van der Waals surface area contributed by atoms with Gasteiger partial charge in [0.05, 0.1) is 36.8 Å². The summed E-state index contributed by atoms with van der Waals surface area (Å²) >= 11 is 0. The van der Waals surface area contributed by atoms with Crippen molar-refractivity contribution in [1.29, 1.82) is 0 Å². The summed E-state index contributed by atoms with van der Waals surface area (Å²) in [5, 5.41) is 4.41. The van der Waals surface area contributed by atoms with Crippen LogP contribution in [0.2, 0.25) is 0 Å². The molecule has 0 unspecified atom stereocenters. The first-order chi connectivity index (χ1) is 20.3. The quantitative estimate of drug-likeness (QED) is 0.217. The van der Waals surface area contributed by atoms with Crippen LogP contribution in [0.1, 0.15) is 12.0 Å². The second kappa shape index (κ2) is 10.8. The number of nitrogens with zero attached hydrogens (tertiary/aromatic N) is 1. The third kappa shape index (κ3) is 4.38. The second-order valence-electron chi connectivity index (χ2n) is 10.5. The molecule has 0 fully saturated rings. The Balaban J connectivity index is 0.00000288. The van der Waals surface area contributed by atoms with E-state index in [4.69, 9.17) is 23.7 Å². The van der Waals surface area contributed by atoms with Crippen LogP contribution in [0, 0.1) is 0 Å². The lowest BCUT2D eigenvalue weighted by molar-refractivity contribution is -0.686. The fourth-order valence-electron chi connectivity index (χ4n) is 6.11. The molecule has 0 aliphatic carbocycles. The molecule has 212 valence electrons. The van der Waals surface area contributed by atoms with Crippen LogP contribution in [0.25, 0.3) is 43.8 Å². The first-order valence-electron chi connectivity index (χ1n) is 14.0. The van der Waals surface area contributed by atoms with E-state index >= 15 is 0 Å². The highest BCUT2D eigenvalue weighted by Gasteiger charge is 2.28. The van der Waals surface area contributed by atoms with Gasteiger partial charge in [-0.25, -0.2) is 0 Å². The lowest BCUT2D eigenvalue weighted by atomic mass is 9.95. The lowest BCUT2D eigenvalue weighted by Gasteiger charge is -2.18. The summed E-state index contributed by atoms with van der Waals surface area (Å²) in [4.78, 5) is 3.48. The molecule has 2 aliphatic rings. The molecule has 0 atom stereocenters. The fourth-order valence-corrected chi connectivity index (χ4v) is 6.11. The Morgan fingerprint density at radius 2 is 1.67 bits per heavy atom. The summed E-state index contributed by atoms with van der Waals surface area (Å²) in [6, 6.07) is 25.0. The second-order valence-corrected chi connectivity index (χ2v) is 10.5. The summed E-state index contributed by atoms with van der Waals surface area (Å²) in [7, 11) is 1.68. The third-order valence-electron chi connectivity index (χ3n) is 8.08. The summed E-state index contributed by atoms with van der Waals surface area (Å²) < 4.78 is 31.9. The Hall–Kier alpha value is -4.43. The van der Waals surface area contributed by atoms with E-state index in [1.54, 1.807) is 7.11 Å². The van der Waals surface area contributed by atoms with E-state index in [0.29, 0.717) is 13.2 Å². The number of methoxy groups -OCH3 is 1. The number of H-pyrrole nitrogens is 1. The predicted molar refractivity (Wildman–Crippen MR) is 157 cm³/mol. The maximum absolute atomic E-state index is 6.38. The van der Waals surface area contributed by atoms with Crippen molar-refractivity contribution in [3.63, 3.8) is 0 Å². The molecule has 8 rings (SSSR count). The average Bonchev–Trinajstić information content (AvgIpc) is 3.63. The number of pyridine rings is 1. The summed E-state index contributed by atoms with van der Waals surface area (Å²) in [6.45, 7) is 2.21. The standard InChI is InChI=1S/C34H29N2O5.BrH/c1-37-30-11-10-21-16-28-24-18-32-31(40-20-41-32)17-22(24)12-13-36(28)19-25(21)34(30)39-15-5-14-38-29-9-4-8-27-33(29)23-6-2-3-7-26(23)35-27;/h2-4,6-11,16-19,35H,5,12-15,20H2,1H3;1H/q+1;/p-1. The number of benzene rings is 4. The van der Waals surface area contributed by atoms with Gasteiger partial charge in [0, 0.05) is 35.2 Å². The van der Waals surface area contributed by atoms with Crippen molar-refractivity contribution in [2.75, 3.05) is 27.1 Å². The molecule has 0 saturated heterocycles. The zero-order chi connectivity index (χ0) is 27.3. The van der Waals surface area contributed by atoms with Crippen LogP contribution in [-0.4, -0.2) is 32.1 Å². The minimum Gasteiger partial charge on any atom is -1.00 e. The van der Waals surface area contributed by atoms with Gasteiger partial charge in [-0.2, -0.15) is 4.57 Å². The normalized spacial score (nSPS) is 13.1. The Labute approximate surface area is 253 Å². The monoisotopic (exact) mass is 624 g/mol. The van der Waals surface area contributed by atoms with Gasteiger partial charge >= 0.3 is 0 Å². The maximum Gasteiger partial charge on any atom is 0.231 e. The first-order valence-corrected chi connectivity index (χ1v) is 14.0. The SMILES string of the molecule is COc1ccc2cc3[n+](cc2c1OCCCOc1cccc2[nH]c4ccccc4c12)CCc1cc2c(cc1-3)OCO2.[Br-]. The number of hydrogen-bond donors (Lipinski definition) is 1. The number of halogens is 1. The van der Waals surface area contributed by atoms with Crippen molar-refractivity contribution in [1.82, 2.24) is 4.98 Å². The zero-order valence-electron chi connectivity index (χ0n) is 23.1. The fraction of sp³-hybridized carbons (Fsp3) is 0.206. The number of ether oxygens (including phenoxy) is 5. The molecule has 4 aromatic carbocycles. The van der Waals surface area contributed by atoms with Crippen molar-refractivity contribution >= 4 is 32.6 Å². The molecule has 6 aromatic rings. The summed E-state index contributed by atoms with van der Waals surface area (Å²) in [5.74, 6) is 4.01. The number of para-hydroxylation sites is 1. The minimum absolute atomic E-state index is 0. The molecule has 1 N–H and O–H groups in total. The molecule has 0 amide bonds. The highest BCUT2D eigenvalue weighted by atomic mass is 79.9. The van der Waals surface area contributed by atoms with Crippen molar-refractivity contribution < 1.29 is 45.2 Å². The lowest BCUT2D eigenvalue weighted by Crippen LogP contribution is -3.00. The average molecular weight is 626 g/mol. The number of fused-ring (bicyclic) bond motifs is 8. The number of aryl methyl sites for hydroxylation is 2. The molecular formula is C34H29BrN2O5. The van der Waals surface area contributed by atoms with Gasteiger partial charge in [-0.15, -0.1) is 0 Å². The molecule has 8 heteroatoms. The smallest absolute Gasteiger partial charge is 0.231 e. The van der Waals surface area contributed by atoms with Crippen LogP contribution < -0.4 is 45.2 Å². The molecule has 4 heterocycles. The van der Waals surface area contributed by atoms with Gasteiger partial charge in [-0.05, 0) is 53.4 Å². The van der Waals surface area contributed by atoms with Crippen LogP contribution in [0.5, 0.6) is 28.7 Å². The number of aromatic amines is 1. The van der Waals surface area contributed by atoms with Crippen molar-refractivity contribution in [3.05, 3.63) is 84.6 Å². The van der Waals surface area contributed by atoms with Gasteiger partial charge in [0.25, 0.3) is 0 Å². The molecule has 0 spiro atoms. The van der Waals surface area contributed by atoms with Crippen LogP contribution in [0.15, 0.2) is 79.0 Å². The molecule has 2 aromatic heterocycles. The van der Waals surface area contributed by atoms with E-state index in [0.717, 1.165) is 81.0 Å². The largest absolute Gasteiger partial charge is 1.00 e. The Morgan fingerprint density at radius 1 is 0.833 bits per heavy atom. The van der Waals surface area contributed by atoms with E-state index < -0.39 is 0 Å². The molecule has 42 heavy (non-hydrogen) atoms. The van der Waals surface area contributed by atoms with Crippen molar-refractivity contribution in [3.8, 4) is 40.0 Å². The highest BCUT2D eigenvalue weighted by molar-refractivity contribution is 6.10. The van der Waals surface area contributed by atoms with Gasteiger partial charge in [0.1, 0.15) is 5.75 Å². The van der Waals surface area contributed by atoms with E-state index in [9.17, 15) is 0 Å². The van der Waals surface area contributed by atoms with Gasteiger partial charge in [-0.3, -0.25) is 0 Å². The van der Waals surface area contributed by atoms with Crippen LogP contribution >= 0.6 is 0 Å². The van der Waals surface area contributed by atoms with Crippen molar-refractivity contribution in [2.24, 2.45) is 0 Å². The van der Waals surface area contributed by atoms with Crippen LogP contribution in [-0.2, 0) is 13.0 Å². The highest BCUT2D eigenvalue weighted by Crippen LogP contribution is 2.42. The van der Waals surface area contributed by atoms with Gasteiger partial charge in [-0.1, -0.05) is 24.3 Å². The molecule has 0 saturated carbocycles. The molecule has 2 aliphatic heterocycles. The van der Waals surface area contributed by atoms with Gasteiger partial charge < -0.3 is 45.6 Å². The van der Waals surface area contributed by atoms with Crippen LogP contribution in [0.3, 0.4) is 0 Å². The number of aromatic nitrogens is 2. The molecule has 0 radical (unpaired) electrons. The van der Waals surface area contributed by atoms with Gasteiger partial charge in [0.15, 0.2) is 35.7 Å². The number of rotatable bonds is 7. The van der Waals surface area contributed by atoms with E-state index in [1.807, 2.05) is 24.3 Å². The van der Waals surface area contributed by atoms with E-state index in [2.05, 4.69) is 64.3 Å². The first kappa shape index (κ1) is 26.5. The number of nitrogens with one attached hydrogen (secondary N) is 1. The minimum atomic E-state index is 0. The van der Waals surface area contributed by atoms with E-state index in [1.165, 1.54) is 16.5 Å². The third-order valence-corrected chi connectivity index (χ3v) is 8.08. The van der Waals surface area contributed by atoms with Crippen LogP contribution in [0.4, 0.5) is 0 Å². The zero-order valence-corrected chi connectivity index (χ0v) is 24.7. The summed E-state index contributed by atoms with van der Waals surface area (Å²) in [6.07, 6.45) is 3.84. The van der Waals surface area contributed by atoms with E-state index in [-0.39, 0.29) is 23.8 Å². The maximum atomic E-state index is 6.38. The van der Waals surface area contributed by atoms with Gasteiger partial charge in [0.2, 0.25) is 12.5 Å². The van der Waals surface area contributed by atoms with Crippen molar-refractivity contribution in [2.45, 2.75) is 19.4 Å². The summed E-state index contributed by atoms with van der Waals surface area (Å²) in [5.41, 5.74) is 5.81. The molecule has 7 nitrogen and oxygen atoms in total. The molecule has 0 bridgehead atoms. The Kier molecular flexibility index (Phi) is 6.78. The number of hydrogen-bond acceptors (Lipinski definition) is 5.